The molecule has 0 aliphatic carbocycles. The maximum absolute atomic E-state index is 12.3. The molecule has 0 fully saturated rings. The number of para-hydroxylation sites is 1. The van der Waals surface area contributed by atoms with Crippen molar-refractivity contribution in [1.82, 2.24) is 4.98 Å². The Morgan fingerprint density at radius 2 is 1.68 bits per heavy atom. The van der Waals surface area contributed by atoms with E-state index in [1.807, 2.05) is 60.7 Å². The Morgan fingerprint density at radius 1 is 0.947 bits per heavy atom. The third-order valence-electron chi connectivity index (χ3n) is 2.97. The van der Waals surface area contributed by atoms with E-state index in [9.17, 15) is 4.21 Å². The molecule has 3 aromatic rings. The lowest BCUT2D eigenvalue weighted by Gasteiger charge is -2.04. The van der Waals surface area contributed by atoms with Crippen LogP contribution in [0.25, 0.3) is 10.9 Å². The van der Waals surface area contributed by atoms with Crippen molar-refractivity contribution in [3.05, 3.63) is 72.4 Å². The lowest BCUT2D eigenvalue weighted by molar-refractivity contribution is 0.682. The first-order chi connectivity index (χ1) is 9.33. The molecule has 1 aromatic heterocycles. The van der Waals surface area contributed by atoms with E-state index >= 15 is 0 Å². The summed E-state index contributed by atoms with van der Waals surface area (Å²) >= 11 is 0. The van der Waals surface area contributed by atoms with Crippen LogP contribution in [0.1, 0.15) is 5.56 Å². The zero-order valence-electron chi connectivity index (χ0n) is 10.3. The largest absolute Gasteiger partial charge is 0.255 e. The first-order valence-electron chi connectivity index (χ1n) is 6.10. The van der Waals surface area contributed by atoms with Gasteiger partial charge in [0.05, 0.1) is 27.0 Å². The number of pyridine rings is 1. The molecule has 19 heavy (non-hydrogen) atoms. The normalized spacial score (nSPS) is 12.4. The van der Waals surface area contributed by atoms with E-state index in [1.54, 1.807) is 6.20 Å². The van der Waals surface area contributed by atoms with Gasteiger partial charge in [-0.25, -0.2) is 0 Å². The van der Waals surface area contributed by atoms with Gasteiger partial charge < -0.3 is 0 Å². The molecular formula is C16H13NOS. The van der Waals surface area contributed by atoms with Gasteiger partial charge in [0.2, 0.25) is 0 Å². The first kappa shape index (κ1) is 12.1. The van der Waals surface area contributed by atoms with E-state index in [1.165, 1.54) is 0 Å². The summed E-state index contributed by atoms with van der Waals surface area (Å²) in [5.74, 6) is 0.529. The van der Waals surface area contributed by atoms with Crippen LogP contribution < -0.4 is 0 Å². The monoisotopic (exact) mass is 267 g/mol. The molecule has 3 heteroatoms. The van der Waals surface area contributed by atoms with E-state index in [-0.39, 0.29) is 0 Å². The number of benzene rings is 2. The molecule has 0 saturated carbocycles. The molecule has 0 aliphatic rings. The Hall–Kier alpha value is -2.00. The highest BCUT2D eigenvalue weighted by Gasteiger charge is 2.06. The quantitative estimate of drug-likeness (QED) is 0.726. The van der Waals surface area contributed by atoms with Gasteiger partial charge in [0, 0.05) is 11.6 Å². The summed E-state index contributed by atoms with van der Waals surface area (Å²) in [7, 11) is -1.05. The lowest BCUT2D eigenvalue weighted by Crippen LogP contribution is -1.97. The summed E-state index contributed by atoms with van der Waals surface area (Å²) in [5, 5.41) is 1.03. The average Bonchev–Trinajstić information content (AvgIpc) is 2.48. The van der Waals surface area contributed by atoms with Crippen LogP contribution in [-0.2, 0) is 16.6 Å². The molecule has 2 nitrogen and oxygen atoms in total. The second-order valence-corrected chi connectivity index (χ2v) is 5.79. The highest BCUT2D eigenvalue weighted by atomic mass is 32.2. The zero-order chi connectivity index (χ0) is 13.1. The molecule has 0 amide bonds. The van der Waals surface area contributed by atoms with Crippen molar-refractivity contribution in [2.24, 2.45) is 0 Å². The third kappa shape index (κ3) is 2.71. The Morgan fingerprint density at radius 3 is 2.53 bits per heavy atom. The van der Waals surface area contributed by atoms with Gasteiger partial charge in [-0.2, -0.15) is 0 Å². The molecule has 0 N–H and O–H groups in total. The lowest BCUT2D eigenvalue weighted by atomic mass is 10.2. The number of nitrogens with zero attached hydrogens (tertiary/aromatic N) is 1. The van der Waals surface area contributed by atoms with Crippen molar-refractivity contribution in [2.75, 3.05) is 0 Å². The Bertz CT molecular complexity index is 725. The van der Waals surface area contributed by atoms with Gasteiger partial charge in [-0.1, -0.05) is 48.5 Å². The summed E-state index contributed by atoms with van der Waals surface area (Å²) in [6.45, 7) is 0. The van der Waals surface area contributed by atoms with Crippen LogP contribution in [0.2, 0.25) is 0 Å². The smallest absolute Gasteiger partial charge is 0.0702 e. The van der Waals surface area contributed by atoms with E-state index in [0.717, 1.165) is 21.4 Å². The second kappa shape index (κ2) is 5.33. The predicted octanol–water partition coefficient (Wildman–Crippen LogP) is 3.54. The van der Waals surface area contributed by atoms with Crippen LogP contribution in [0.15, 0.2) is 71.8 Å². The number of hydrogen-bond donors (Lipinski definition) is 0. The van der Waals surface area contributed by atoms with Crippen LogP contribution in [0.4, 0.5) is 0 Å². The minimum Gasteiger partial charge on any atom is -0.255 e. The summed E-state index contributed by atoms with van der Waals surface area (Å²) in [6, 6.07) is 19.7. The van der Waals surface area contributed by atoms with E-state index in [4.69, 9.17) is 0 Å². The summed E-state index contributed by atoms with van der Waals surface area (Å²) in [4.78, 5) is 5.13. The van der Waals surface area contributed by atoms with Crippen LogP contribution in [-0.4, -0.2) is 9.19 Å². The topological polar surface area (TPSA) is 30.0 Å². The highest BCUT2D eigenvalue weighted by Crippen LogP contribution is 2.17. The molecule has 0 bridgehead atoms. The molecule has 1 unspecified atom stereocenters. The van der Waals surface area contributed by atoms with Gasteiger partial charge in [0.25, 0.3) is 0 Å². The molecule has 94 valence electrons. The average molecular weight is 267 g/mol. The van der Waals surface area contributed by atoms with Crippen molar-refractivity contribution >= 4 is 21.7 Å². The molecule has 3 rings (SSSR count). The zero-order valence-corrected chi connectivity index (χ0v) is 11.1. The molecular weight excluding hydrogens is 254 g/mol. The SMILES string of the molecule is O=S(Cc1ccccc1)c1cnc2ccccc2c1. The van der Waals surface area contributed by atoms with Gasteiger partial charge in [0.15, 0.2) is 0 Å². The molecule has 1 atom stereocenters. The summed E-state index contributed by atoms with van der Waals surface area (Å²) in [6.07, 6.45) is 1.71. The van der Waals surface area contributed by atoms with Crippen LogP contribution in [0, 0.1) is 0 Å². The van der Waals surface area contributed by atoms with Gasteiger partial charge in [-0.05, 0) is 17.7 Å². The van der Waals surface area contributed by atoms with E-state index < -0.39 is 10.8 Å². The van der Waals surface area contributed by atoms with Crippen molar-refractivity contribution in [3.63, 3.8) is 0 Å². The Kier molecular flexibility index (Phi) is 3.38. The number of aromatic nitrogens is 1. The fraction of sp³-hybridized carbons (Fsp3) is 0.0625. The van der Waals surface area contributed by atoms with E-state index in [2.05, 4.69) is 4.98 Å². The van der Waals surface area contributed by atoms with Crippen LogP contribution in [0.5, 0.6) is 0 Å². The second-order valence-electron chi connectivity index (χ2n) is 4.34. The standard InChI is InChI=1S/C16H13NOS/c18-19(12-13-6-2-1-3-7-13)15-10-14-8-4-5-9-16(14)17-11-15/h1-11H,12H2. The summed E-state index contributed by atoms with van der Waals surface area (Å²) in [5.41, 5.74) is 2.01. The maximum Gasteiger partial charge on any atom is 0.0702 e. The maximum atomic E-state index is 12.3. The Labute approximate surface area is 114 Å². The molecule has 0 aliphatic heterocycles. The van der Waals surface area contributed by atoms with Crippen molar-refractivity contribution in [1.29, 1.82) is 0 Å². The molecule has 0 spiro atoms. The minimum absolute atomic E-state index is 0.529. The molecule has 0 saturated heterocycles. The fourth-order valence-electron chi connectivity index (χ4n) is 1.98. The number of fused-ring (bicyclic) bond motifs is 1. The molecule has 1 heterocycles. The number of hydrogen-bond acceptors (Lipinski definition) is 2. The van der Waals surface area contributed by atoms with Gasteiger partial charge in [0.1, 0.15) is 0 Å². The van der Waals surface area contributed by atoms with Crippen LogP contribution in [0.3, 0.4) is 0 Å². The Balaban J connectivity index is 1.89. The predicted molar refractivity (Wildman–Crippen MR) is 78.3 cm³/mol. The van der Waals surface area contributed by atoms with Gasteiger partial charge in [-0.3, -0.25) is 9.19 Å². The van der Waals surface area contributed by atoms with Gasteiger partial charge >= 0.3 is 0 Å². The van der Waals surface area contributed by atoms with Crippen LogP contribution >= 0.6 is 0 Å². The summed E-state index contributed by atoms with van der Waals surface area (Å²) < 4.78 is 12.3. The van der Waals surface area contributed by atoms with Crippen molar-refractivity contribution < 1.29 is 4.21 Å². The third-order valence-corrected chi connectivity index (χ3v) is 4.31. The van der Waals surface area contributed by atoms with E-state index in [0.29, 0.717) is 5.75 Å². The molecule has 2 aromatic carbocycles. The van der Waals surface area contributed by atoms with Crippen molar-refractivity contribution in [3.8, 4) is 0 Å². The van der Waals surface area contributed by atoms with Crippen molar-refractivity contribution in [2.45, 2.75) is 10.6 Å². The minimum atomic E-state index is -1.05. The first-order valence-corrected chi connectivity index (χ1v) is 7.42. The van der Waals surface area contributed by atoms with Gasteiger partial charge in [-0.15, -0.1) is 0 Å². The molecule has 0 radical (unpaired) electrons. The fourth-order valence-corrected chi connectivity index (χ4v) is 3.07. The highest BCUT2D eigenvalue weighted by molar-refractivity contribution is 7.84. The number of rotatable bonds is 3.